The van der Waals surface area contributed by atoms with Crippen molar-refractivity contribution in [1.82, 2.24) is 0 Å². The van der Waals surface area contributed by atoms with Crippen molar-refractivity contribution in [3.63, 3.8) is 0 Å². The molecule has 0 aliphatic heterocycles. The molecule has 3 nitrogen and oxygen atoms in total. The van der Waals surface area contributed by atoms with Crippen LogP contribution in [0.5, 0.6) is 0 Å². The van der Waals surface area contributed by atoms with Crippen LogP contribution in [-0.4, -0.2) is 11.0 Å². The van der Waals surface area contributed by atoms with Gasteiger partial charge in [-0.1, -0.05) is 12.1 Å². The molecule has 1 rings (SSSR count). The van der Waals surface area contributed by atoms with Crippen LogP contribution in [0.25, 0.3) is 0 Å². The molecule has 0 aromatic heterocycles. The average molecular weight is 223 g/mol. The Morgan fingerprint density at radius 2 is 1.87 bits per heavy atom. The SMILES string of the molecule is CC(=O)Nc1ccc(CCC(=O)S)cc1. The van der Waals surface area contributed by atoms with Gasteiger partial charge in [0.1, 0.15) is 0 Å². The van der Waals surface area contributed by atoms with Crippen molar-refractivity contribution in [2.24, 2.45) is 0 Å². The summed E-state index contributed by atoms with van der Waals surface area (Å²) in [6, 6.07) is 7.42. The number of aryl methyl sites for hydroxylation is 1. The molecular weight excluding hydrogens is 210 g/mol. The maximum atomic E-state index is 10.7. The zero-order valence-electron chi connectivity index (χ0n) is 8.49. The lowest BCUT2D eigenvalue weighted by Gasteiger charge is -2.03. The predicted octanol–water partition coefficient (Wildman–Crippen LogP) is 2.03. The molecule has 0 heterocycles. The van der Waals surface area contributed by atoms with Gasteiger partial charge in [-0.3, -0.25) is 9.59 Å². The van der Waals surface area contributed by atoms with Gasteiger partial charge >= 0.3 is 0 Å². The summed E-state index contributed by atoms with van der Waals surface area (Å²) in [5, 5.41) is 2.57. The molecule has 1 amide bonds. The first-order chi connectivity index (χ1) is 7.08. The van der Waals surface area contributed by atoms with E-state index < -0.39 is 0 Å². The van der Waals surface area contributed by atoms with Gasteiger partial charge in [-0.15, -0.1) is 12.6 Å². The molecule has 0 atom stereocenters. The quantitative estimate of drug-likeness (QED) is 0.767. The first-order valence-electron chi connectivity index (χ1n) is 4.66. The molecule has 4 heteroatoms. The Hall–Kier alpha value is -1.29. The maximum Gasteiger partial charge on any atom is 0.221 e. The van der Waals surface area contributed by atoms with Crippen molar-refractivity contribution in [3.8, 4) is 0 Å². The molecule has 1 aromatic rings. The molecule has 0 bridgehead atoms. The number of hydrogen-bond acceptors (Lipinski definition) is 2. The second-order valence-corrected chi connectivity index (χ2v) is 3.77. The van der Waals surface area contributed by atoms with E-state index in [1.807, 2.05) is 24.3 Å². The monoisotopic (exact) mass is 223 g/mol. The minimum Gasteiger partial charge on any atom is -0.326 e. The summed E-state index contributed by atoms with van der Waals surface area (Å²) in [5.74, 6) is -0.0896. The fraction of sp³-hybridized carbons (Fsp3) is 0.273. The molecule has 0 aliphatic carbocycles. The normalized spacial score (nSPS) is 9.73. The maximum absolute atomic E-state index is 10.7. The first kappa shape index (κ1) is 11.8. The molecule has 0 saturated carbocycles. The zero-order valence-corrected chi connectivity index (χ0v) is 9.38. The Morgan fingerprint density at radius 3 is 2.33 bits per heavy atom. The molecule has 0 aliphatic rings. The lowest BCUT2D eigenvalue weighted by atomic mass is 10.1. The van der Waals surface area contributed by atoms with Gasteiger partial charge in [0.05, 0.1) is 0 Å². The molecule has 1 N–H and O–H groups in total. The van der Waals surface area contributed by atoms with Gasteiger partial charge in [-0.05, 0) is 24.1 Å². The van der Waals surface area contributed by atoms with E-state index in [1.165, 1.54) is 6.92 Å². The number of rotatable bonds is 4. The minimum atomic E-state index is -0.110. The fourth-order valence-electron chi connectivity index (χ4n) is 1.21. The molecule has 0 spiro atoms. The number of benzene rings is 1. The van der Waals surface area contributed by atoms with Crippen LogP contribution in [0.3, 0.4) is 0 Å². The highest BCUT2D eigenvalue weighted by Crippen LogP contribution is 2.11. The highest BCUT2D eigenvalue weighted by atomic mass is 32.1. The standard InChI is InChI=1S/C11H13NO2S/c1-8(13)12-10-5-2-9(3-6-10)4-7-11(14)15/h2-3,5-6H,4,7H2,1H3,(H,12,13)(H,14,15). The summed E-state index contributed by atoms with van der Waals surface area (Å²) in [6.07, 6.45) is 1.12. The molecule has 0 radical (unpaired) electrons. The van der Waals surface area contributed by atoms with Gasteiger partial charge in [-0.25, -0.2) is 0 Å². The van der Waals surface area contributed by atoms with Crippen LogP contribution in [0.4, 0.5) is 5.69 Å². The Labute approximate surface area is 94.3 Å². The number of amides is 1. The fourth-order valence-corrected chi connectivity index (χ4v) is 1.32. The van der Waals surface area contributed by atoms with Gasteiger partial charge < -0.3 is 5.32 Å². The summed E-state index contributed by atoms with van der Waals surface area (Å²) < 4.78 is 0. The molecule has 80 valence electrons. The molecule has 1 aromatic carbocycles. The smallest absolute Gasteiger partial charge is 0.221 e. The lowest BCUT2D eigenvalue weighted by molar-refractivity contribution is -0.114. The van der Waals surface area contributed by atoms with Crippen LogP contribution in [0.1, 0.15) is 18.9 Å². The topological polar surface area (TPSA) is 46.2 Å². The van der Waals surface area contributed by atoms with E-state index in [2.05, 4.69) is 17.9 Å². The third-order valence-corrected chi connectivity index (χ3v) is 2.13. The van der Waals surface area contributed by atoms with Gasteiger partial charge in [0.15, 0.2) is 5.12 Å². The molecule has 0 saturated heterocycles. The van der Waals surface area contributed by atoms with Crippen molar-refractivity contribution in [2.45, 2.75) is 19.8 Å². The molecular formula is C11H13NO2S. The van der Waals surface area contributed by atoms with Gasteiger partial charge in [0.25, 0.3) is 0 Å². The Balaban J connectivity index is 2.56. The van der Waals surface area contributed by atoms with E-state index >= 15 is 0 Å². The largest absolute Gasteiger partial charge is 0.326 e. The van der Waals surface area contributed by atoms with Crippen LogP contribution >= 0.6 is 12.6 Å². The van der Waals surface area contributed by atoms with Crippen LogP contribution in [-0.2, 0) is 16.0 Å². The van der Waals surface area contributed by atoms with E-state index in [0.717, 1.165) is 11.3 Å². The highest BCUT2D eigenvalue weighted by Gasteiger charge is 1.98. The minimum absolute atomic E-state index is 0.0896. The van der Waals surface area contributed by atoms with E-state index in [-0.39, 0.29) is 11.0 Å². The lowest BCUT2D eigenvalue weighted by Crippen LogP contribution is -2.05. The summed E-state index contributed by atoms with van der Waals surface area (Å²) >= 11 is 3.70. The second-order valence-electron chi connectivity index (χ2n) is 3.27. The van der Waals surface area contributed by atoms with Gasteiger partial charge in [-0.2, -0.15) is 0 Å². The summed E-state index contributed by atoms with van der Waals surface area (Å²) in [7, 11) is 0. The summed E-state index contributed by atoms with van der Waals surface area (Å²) in [5.41, 5.74) is 1.83. The van der Waals surface area contributed by atoms with Crippen molar-refractivity contribution in [1.29, 1.82) is 0 Å². The third kappa shape index (κ3) is 4.65. The van der Waals surface area contributed by atoms with Crippen molar-refractivity contribution in [2.75, 3.05) is 5.32 Å². The van der Waals surface area contributed by atoms with Crippen LogP contribution in [0.15, 0.2) is 24.3 Å². The van der Waals surface area contributed by atoms with Crippen molar-refractivity contribution >= 4 is 29.3 Å². The number of carbonyl (C=O) groups excluding carboxylic acids is 2. The summed E-state index contributed by atoms with van der Waals surface area (Å²) in [6.45, 7) is 1.47. The second kappa shape index (κ2) is 5.56. The van der Waals surface area contributed by atoms with E-state index in [0.29, 0.717) is 12.8 Å². The zero-order chi connectivity index (χ0) is 11.3. The Kier molecular flexibility index (Phi) is 4.37. The van der Waals surface area contributed by atoms with Crippen molar-refractivity contribution in [3.05, 3.63) is 29.8 Å². The van der Waals surface area contributed by atoms with Crippen LogP contribution in [0, 0.1) is 0 Å². The van der Waals surface area contributed by atoms with E-state index in [9.17, 15) is 9.59 Å². The number of thiol groups is 1. The van der Waals surface area contributed by atoms with E-state index in [1.54, 1.807) is 0 Å². The summed E-state index contributed by atoms with van der Waals surface area (Å²) in [4.78, 5) is 21.4. The molecule has 0 fully saturated rings. The average Bonchev–Trinajstić information content (AvgIpc) is 2.16. The predicted molar refractivity (Wildman–Crippen MR) is 63.1 cm³/mol. The molecule has 0 unspecified atom stereocenters. The number of hydrogen-bond donors (Lipinski definition) is 2. The van der Waals surface area contributed by atoms with Gasteiger partial charge in [0, 0.05) is 19.0 Å². The number of carbonyl (C=O) groups is 2. The van der Waals surface area contributed by atoms with Crippen LogP contribution in [0.2, 0.25) is 0 Å². The van der Waals surface area contributed by atoms with Gasteiger partial charge in [0.2, 0.25) is 5.91 Å². The molecule has 15 heavy (non-hydrogen) atoms. The number of anilines is 1. The number of nitrogens with one attached hydrogen (secondary N) is 1. The third-order valence-electron chi connectivity index (χ3n) is 1.90. The van der Waals surface area contributed by atoms with Crippen molar-refractivity contribution < 1.29 is 9.59 Å². The Morgan fingerprint density at radius 1 is 1.27 bits per heavy atom. The van der Waals surface area contributed by atoms with E-state index in [4.69, 9.17) is 0 Å². The first-order valence-corrected chi connectivity index (χ1v) is 5.11. The van der Waals surface area contributed by atoms with Crippen LogP contribution < -0.4 is 5.32 Å². The highest BCUT2D eigenvalue weighted by molar-refractivity contribution is 7.96. The Bertz CT molecular complexity index is 359.